The van der Waals surface area contributed by atoms with Gasteiger partial charge in [-0.25, -0.2) is 0 Å². The molecule has 1 aromatic carbocycles. The Balaban J connectivity index is 2.20. The third-order valence-electron chi connectivity index (χ3n) is 3.00. The first kappa shape index (κ1) is 12.6. The van der Waals surface area contributed by atoms with E-state index in [4.69, 9.17) is 5.73 Å². The summed E-state index contributed by atoms with van der Waals surface area (Å²) in [5.74, 6) is 2.59. The van der Waals surface area contributed by atoms with Crippen molar-refractivity contribution in [2.75, 3.05) is 17.2 Å². The maximum Gasteiger partial charge on any atom is 0.416 e. The Labute approximate surface area is 103 Å². The van der Waals surface area contributed by atoms with E-state index in [0.29, 0.717) is 23.6 Å². The van der Waals surface area contributed by atoms with Gasteiger partial charge >= 0.3 is 6.18 Å². The zero-order valence-corrected chi connectivity index (χ0v) is 10.1. The zero-order valence-electron chi connectivity index (χ0n) is 9.26. The fraction of sp³-hybridized carbons (Fsp3) is 0.500. The molecule has 1 fully saturated rings. The van der Waals surface area contributed by atoms with Gasteiger partial charge in [-0.15, -0.1) is 0 Å². The molecule has 1 atom stereocenters. The minimum atomic E-state index is -4.28. The van der Waals surface area contributed by atoms with Crippen LogP contribution in [0.5, 0.6) is 0 Å². The highest BCUT2D eigenvalue weighted by atomic mass is 32.2. The fourth-order valence-corrected chi connectivity index (χ4v) is 3.30. The van der Waals surface area contributed by atoms with Gasteiger partial charge in [-0.1, -0.05) is 0 Å². The van der Waals surface area contributed by atoms with Gasteiger partial charge < -0.3 is 5.73 Å². The summed E-state index contributed by atoms with van der Waals surface area (Å²) in [7, 11) is 0. The van der Waals surface area contributed by atoms with Gasteiger partial charge in [0.15, 0.2) is 0 Å². The SMILES string of the molecule is Nc1ccc(C(F)(F)F)cc1CC1CCSC1. The molecule has 17 heavy (non-hydrogen) atoms. The van der Waals surface area contributed by atoms with Gasteiger partial charge in [0, 0.05) is 5.69 Å². The van der Waals surface area contributed by atoms with Crippen LogP contribution < -0.4 is 5.73 Å². The highest BCUT2D eigenvalue weighted by molar-refractivity contribution is 7.99. The third-order valence-corrected chi connectivity index (χ3v) is 4.23. The van der Waals surface area contributed by atoms with E-state index in [2.05, 4.69) is 0 Å². The van der Waals surface area contributed by atoms with E-state index in [1.807, 2.05) is 11.8 Å². The molecule has 1 aliphatic rings. The van der Waals surface area contributed by atoms with E-state index in [9.17, 15) is 13.2 Å². The van der Waals surface area contributed by atoms with Crippen molar-refractivity contribution in [3.63, 3.8) is 0 Å². The largest absolute Gasteiger partial charge is 0.416 e. The summed E-state index contributed by atoms with van der Waals surface area (Å²) in [5.41, 5.74) is 6.23. The molecule has 94 valence electrons. The number of halogens is 3. The standard InChI is InChI=1S/C12H14F3NS/c13-12(14,15)10-1-2-11(16)9(6-10)5-8-3-4-17-7-8/h1-2,6,8H,3-5,7,16H2. The van der Waals surface area contributed by atoms with E-state index >= 15 is 0 Å². The quantitative estimate of drug-likeness (QED) is 0.823. The molecular formula is C12H14F3NS. The van der Waals surface area contributed by atoms with Gasteiger partial charge in [-0.2, -0.15) is 24.9 Å². The van der Waals surface area contributed by atoms with E-state index < -0.39 is 11.7 Å². The molecular weight excluding hydrogens is 247 g/mol. The number of hydrogen-bond donors (Lipinski definition) is 1. The highest BCUT2D eigenvalue weighted by Gasteiger charge is 2.31. The topological polar surface area (TPSA) is 26.0 Å². The molecule has 1 heterocycles. The van der Waals surface area contributed by atoms with Crippen molar-refractivity contribution < 1.29 is 13.2 Å². The van der Waals surface area contributed by atoms with Crippen LogP contribution in [0.4, 0.5) is 18.9 Å². The van der Waals surface area contributed by atoms with Gasteiger partial charge in [0.2, 0.25) is 0 Å². The lowest BCUT2D eigenvalue weighted by Crippen LogP contribution is -2.09. The van der Waals surface area contributed by atoms with Crippen molar-refractivity contribution in [1.29, 1.82) is 0 Å². The molecule has 1 aliphatic heterocycles. The molecule has 1 nitrogen and oxygen atoms in total. The van der Waals surface area contributed by atoms with E-state index in [1.54, 1.807) is 0 Å². The van der Waals surface area contributed by atoms with Gasteiger partial charge in [-0.3, -0.25) is 0 Å². The zero-order chi connectivity index (χ0) is 12.5. The Morgan fingerprint density at radius 1 is 1.35 bits per heavy atom. The molecule has 2 N–H and O–H groups in total. The molecule has 0 spiro atoms. The minimum Gasteiger partial charge on any atom is -0.399 e. The van der Waals surface area contributed by atoms with Gasteiger partial charge in [0.1, 0.15) is 0 Å². The molecule has 0 aliphatic carbocycles. The van der Waals surface area contributed by atoms with Crippen LogP contribution in [0, 0.1) is 5.92 Å². The van der Waals surface area contributed by atoms with Crippen LogP contribution in [0.15, 0.2) is 18.2 Å². The van der Waals surface area contributed by atoms with E-state index in [1.165, 1.54) is 12.1 Å². The summed E-state index contributed by atoms with van der Waals surface area (Å²) in [6, 6.07) is 3.60. The van der Waals surface area contributed by atoms with Gasteiger partial charge in [-0.05, 0) is 54.0 Å². The average molecular weight is 261 g/mol. The van der Waals surface area contributed by atoms with Crippen LogP contribution in [0.2, 0.25) is 0 Å². The molecule has 2 rings (SSSR count). The van der Waals surface area contributed by atoms with Crippen molar-refractivity contribution in [1.82, 2.24) is 0 Å². The maximum atomic E-state index is 12.6. The number of benzene rings is 1. The summed E-state index contributed by atoms with van der Waals surface area (Å²) in [5, 5.41) is 0. The molecule has 1 saturated heterocycles. The summed E-state index contributed by atoms with van der Waals surface area (Å²) >= 11 is 1.85. The lowest BCUT2D eigenvalue weighted by Gasteiger charge is -2.14. The van der Waals surface area contributed by atoms with E-state index in [-0.39, 0.29) is 0 Å². The van der Waals surface area contributed by atoms with Crippen molar-refractivity contribution in [2.24, 2.45) is 5.92 Å². The number of thioether (sulfide) groups is 1. The van der Waals surface area contributed by atoms with Gasteiger partial charge in [0.25, 0.3) is 0 Å². The average Bonchev–Trinajstić information content (AvgIpc) is 2.72. The second-order valence-corrected chi connectivity index (χ2v) is 5.49. The normalized spacial score (nSPS) is 20.8. The highest BCUT2D eigenvalue weighted by Crippen LogP contribution is 2.33. The maximum absolute atomic E-state index is 12.6. The first-order chi connectivity index (χ1) is 7.97. The second kappa shape index (κ2) is 4.80. The smallest absolute Gasteiger partial charge is 0.399 e. The minimum absolute atomic E-state index is 0.464. The van der Waals surface area contributed by atoms with Gasteiger partial charge in [0.05, 0.1) is 5.56 Å². The lowest BCUT2D eigenvalue weighted by molar-refractivity contribution is -0.137. The van der Waals surface area contributed by atoms with Crippen molar-refractivity contribution >= 4 is 17.4 Å². The van der Waals surface area contributed by atoms with Crippen molar-refractivity contribution in [3.05, 3.63) is 29.3 Å². The number of alkyl halides is 3. The van der Waals surface area contributed by atoms with Crippen LogP contribution in [0.3, 0.4) is 0 Å². The number of rotatable bonds is 2. The summed E-state index contributed by atoms with van der Waals surface area (Å²) in [4.78, 5) is 0. The van der Waals surface area contributed by atoms with E-state index in [0.717, 1.165) is 24.0 Å². The molecule has 5 heteroatoms. The molecule has 0 bridgehead atoms. The lowest BCUT2D eigenvalue weighted by atomic mass is 9.96. The van der Waals surface area contributed by atoms with Crippen LogP contribution >= 0.6 is 11.8 Å². The Morgan fingerprint density at radius 2 is 2.12 bits per heavy atom. The first-order valence-electron chi connectivity index (χ1n) is 5.50. The fourth-order valence-electron chi connectivity index (χ4n) is 2.01. The Morgan fingerprint density at radius 3 is 2.71 bits per heavy atom. The summed E-state index contributed by atoms with van der Waals surface area (Å²) in [6.07, 6.45) is -2.56. The van der Waals surface area contributed by atoms with Crippen molar-refractivity contribution in [2.45, 2.75) is 19.0 Å². The van der Waals surface area contributed by atoms with Crippen LogP contribution in [-0.2, 0) is 12.6 Å². The summed E-state index contributed by atoms with van der Waals surface area (Å²) < 4.78 is 37.7. The number of anilines is 1. The number of nitrogen functional groups attached to an aromatic ring is 1. The van der Waals surface area contributed by atoms with Crippen LogP contribution in [-0.4, -0.2) is 11.5 Å². The monoisotopic (exact) mass is 261 g/mol. The second-order valence-electron chi connectivity index (χ2n) is 4.35. The Hall–Kier alpha value is -0.840. The first-order valence-corrected chi connectivity index (χ1v) is 6.65. The predicted octanol–water partition coefficient (Wildman–Crippen LogP) is 3.58. The van der Waals surface area contributed by atoms with Crippen molar-refractivity contribution in [3.8, 4) is 0 Å². The van der Waals surface area contributed by atoms with Crippen LogP contribution in [0.1, 0.15) is 17.5 Å². The molecule has 0 radical (unpaired) electrons. The number of nitrogens with two attached hydrogens (primary N) is 1. The molecule has 0 aromatic heterocycles. The third kappa shape index (κ3) is 3.09. The molecule has 1 unspecified atom stereocenters. The molecule has 0 saturated carbocycles. The van der Waals surface area contributed by atoms with Crippen LogP contribution in [0.25, 0.3) is 0 Å². The molecule has 1 aromatic rings. The number of hydrogen-bond acceptors (Lipinski definition) is 2. The molecule has 0 amide bonds. The summed E-state index contributed by atoms with van der Waals surface area (Å²) in [6.45, 7) is 0. The Bertz CT molecular complexity index is 397. The predicted molar refractivity (Wildman–Crippen MR) is 65.0 cm³/mol. The Kier molecular flexibility index (Phi) is 3.56.